The SMILES string of the molecule is Cc1ccc2c(c1)c(-c1ccccc1)c(-c1ccccc1)n2C[C@@H](O)CNc1ccccc1. The van der Waals surface area contributed by atoms with E-state index in [0.717, 1.165) is 22.5 Å². The van der Waals surface area contributed by atoms with Crippen molar-refractivity contribution >= 4 is 16.6 Å². The summed E-state index contributed by atoms with van der Waals surface area (Å²) in [5.41, 5.74) is 8.05. The quantitative estimate of drug-likeness (QED) is 0.298. The van der Waals surface area contributed by atoms with Crippen LogP contribution in [0.5, 0.6) is 0 Å². The van der Waals surface area contributed by atoms with Crippen LogP contribution in [0, 0.1) is 6.92 Å². The van der Waals surface area contributed by atoms with E-state index in [2.05, 4.69) is 89.6 Å². The van der Waals surface area contributed by atoms with Crippen LogP contribution in [-0.2, 0) is 6.54 Å². The fourth-order valence-electron chi connectivity index (χ4n) is 4.52. The van der Waals surface area contributed by atoms with Crippen molar-refractivity contribution in [3.63, 3.8) is 0 Å². The molecule has 4 aromatic carbocycles. The Hall–Kier alpha value is -3.82. The van der Waals surface area contributed by atoms with Crippen LogP contribution >= 0.6 is 0 Å². The lowest BCUT2D eigenvalue weighted by atomic mass is 9.98. The predicted molar refractivity (Wildman–Crippen MR) is 138 cm³/mol. The Labute approximate surface area is 195 Å². The number of hydrogen-bond acceptors (Lipinski definition) is 2. The third kappa shape index (κ3) is 4.41. The normalized spacial score (nSPS) is 12.1. The second-order valence-electron chi connectivity index (χ2n) is 8.49. The number of aromatic nitrogens is 1. The molecule has 0 spiro atoms. The second kappa shape index (κ2) is 9.35. The molecule has 3 nitrogen and oxygen atoms in total. The molecular formula is C30H28N2O. The number of aryl methyl sites for hydroxylation is 1. The maximum absolute atomic E-state index is 11.0. The van der Waals surface area contributed by atoms with E-state index in [9.17, 15) is 5.11 Å². The molecule has 1 aromatic heterocycles. The highest BCUT2D eigenvalue weighted by molar-refractivity contribution is 6.04. The van der Waals surface area contributed by atoms with Crippen molar-refractivity contribution in [2.24, 2.45) is 0 Å². The molecular weight excluding hydrogens is 404 g/mol. The fourth-order valence-corrected chi connectivity index (χ4v) is 4.52. The third-order valence-corrected chi connectivity index (χ3v) is 6.04. The number of aliphatic hydroxyl groups is 1. The highest BCUT2D eigenvalue weighted by Crippen LogP contribution is 2.41. The van der Waals surface area contributed by atoms with Gasteiger partial charge in [-0.25, -0.2) is 0 Å². The van der Waals surface area contributed by atoms with Crippen molar-refractivity contribution in [2.75, 3.05) is 11.9 Å². The Morgan fingerprint density at radius 2 is 1.36 bits per heavy atom. The molecule has 0 unspecified atom stereocenters. The number of anilines is 1. The van der Waals surface area contributed by atoms with Crippen molar-refractivity contribution < 1.29 is 5.11 Å². The average Bonchev–Trinajstić information content (AvgIpc) is 3.17. The predicted octanol–water partition coefficient (Wildman–Crippen LogP) is 6.76. The van der Waals surface area contributed by atoms with Crippen LogP contribution in [0.4, 0.5) is 5.69 Å². The highest BCUT2D eigenvalue weighted by atomic mass is 16.3. The standard InChI is InChI=1S/C30H28N2O/c1-22-17-18-28-27(19-22)29(23-11-5-2-6-12-23)30(24-13-7-3-8-14-24)32(28)21-26(33)20-31-25-15-9-4-10-16-25/h2-19,26,31,33H,20-21H2,1H3/t26-/m0/s1. The summed E-state index contributed by atoms with van der Waals surface area (Å²) in [4.78, 5) is 0. The van der Waals surface area contributed by atoms with E-state index in [4.69, 9.17) is 0 Å². The van der Waals surface area contributed by atoms with Gasteiger partial charge in [-0.2, -0.15) is 0 Å². The van der Waals surface area contributed by atoms with Gasteiger partial charge in [0, 0.05) is 28.7 Å². The summed E-state index contributed by atoms with van der Waals surface area (Å²) in [5, 5.41) is 15.6. The molecule has 2 N–H and O–H groups in total. The van der Waals surface area contributed by atoms with Gasteiger partial charge in [0.25, 0.3) is 0 Å². The molecule has 0 saturated heterocycles. The zero-order valence-corrected chi connectivity index (χ0v) is 18.8. The highest BCUT2D eigenvalue weighted by Gasteiger charge is 2.21. The van der Waals surface area contributed by atoms with Crippen LogP contribution in [0.2, 0.25) is 0 Å². The molecule has 3 heteroatoms. The third-order valence-electron chi connectivity index (χ3n) is 6.04. The largest absolute Gasteiger partial charge is 0.389 e. The van der Waals surface area contributed by atoms with E-state index < -0.39 is 6.10 Å². The second-order valence-corrected chi connectivity index (χ2v) is 8.49. The molecule has 0 bridgehead atoms. The molecule has 0 fully saturated rings. The van der Waals surface area contributed by atoms with Gasteiger partial charge in [0.15, 0.2) is 0 Å². The first-order chi connectivity index (χ1) is 16.2. The van der Waals surface area contributed by atoms with Gasteiger partial charge >= 0.3 is 0 Å². The fraction of sp³-hybridized carbons (Fsp3) is 0.133. The Balaban J connectivity index is 1.63. The summed E-state index contributed by atoms with van der Waals surface area (Å²) < 4.78 is 2.28. The van der Waals surface area contributed by atoms with Gasteiger partial charge in [0.05, 0.1) is 18.3 Å². The van der Waals surface area contributed by atoms with Gasteiger partial charge in [0.1, 0.15) is 0 Å². The van der Waals surface area contributed by atoms with Gasteiger partial charge in [0.2, 0.25) is 0 Å². The molecule has 0 amide bonds. The smallest absolute Gasteiger partial charge is 0.0891 e. The van der Waals surface area contributed by atoms with Crippen LogP contribution in [0.25, 0.3) is 33.3 Å². The van der Waals surface area contributed by atoms with Crippen LogP contribution in [0.1, 0.15) is 5.56 Å². The van der Waals surface area contributed by atoms with Crippen molar-refractivity contribution in [3.05, 3.63) is 115 Å². The van der Waals surface area contributed by atoms with E-state index in [0.29, 0.717) is 13.1 Å². The molecule has 5 rings (SSSR count). The number of nitrogens with zero attached hydrogens (tertiary/aromatic N) is 1. The first kappa shape index (κ1) is 21.0. The first-order valence-corrected chi connectivity index (χ1v) is 11.4. The maximum Gasteiger partial charge on any atom is 0.0891 e. The number of benzene rings is 4. The van der Waals surface area contributed by atoms with Gasteiger partial charge in [-0.15, -0.1) is 0 Å². The van der Waals surface area contributed by atoms with Crippen molar-refractivity contribution in [1.29, 1.82) is 0 Å². The maximum atomic E-state index is 11.0. The van der Waals surface area contributed by atoms with Gasteiger partial charge in [-0.1, -0.05) is 90.5 Å². The lowest BCUT2D eigenvalue weighted by molar-refractivity contribution is 0.169. The lowest BCUT2D eigenvalue weighted by Crippen LogP contribution is -2.25. The number of hydrogen-bond donors (Lipinski definition) is 2. The molecule has 0 saturated carbocycles. The van der Waals surface area contributed by atoms with Crippen molar-refractivity contribution in [1.82, 2.24) is 4.57 Å². The van der Waals surface area contributed by atoms with Crippen molar-refractivity contribution in [2.45, 2.75) is 19.6 Å². The summed E-state index contributed by atoms with van der Waals surface area (Å²) in [6.07, 6.45) is -0.548. The van der Waals surface area contributed by atoms with Gasteiger partial charge < -0.3 is 15.0 Å². The minimum atomic E-state index is -0.548. The summed E-state index contributed by atoms with van der Waals surface area (Å²) in [7, 11) is 0. The molecule has 1 heterocycles. The van der Waals surface area contributed by atoms with Crippen molar-refractivity contribution in [3.8, 4) is 22.4 Å². The number of para-hydroxylation sites is 1. The average molecular weight is 433 g/mol. The summed E-state index contributed by atoms with van der Waals surface area (Å²) in [6.45, 7) is 3.10. The van der Waals surface area contributed by atoms with E-state index in [1.165, 1.54) is 22.1 Å². The molecule has 0 radical (unpaired) electrons. The summed E-state index contributed by atoms with van der Waals surface area (Å²) in [6, 6.07) is 37.7. The van der Waals surface area contributed by atoms with Gasteiger partial charge in [-0.05, 0) is 42.3 Å². The van der Waals surface area contributed by atoms with E-state index >= 15 is 0 Å². The minimum absolute atomic E-state index is 0.477. The minimum Gasteiger partial charge on any atom is -0.389 e. The van der Waals surface area contributed by atoms with E-state index in [1.54, 1.807) is 0 Å². The molecule has 164 valence electrons. The molecule has 0 aliphatic rings. The molecule has 0 aliphatic heterocycles. The van der Waals surface area contributed by atoms with Crippen LogP contribution in [-0.4, -0.2) is 22.3 Å². The summed E-state index contributed by atoms with van der Waals surface area (Å²) >= 11 is 0. The molecule has 1 atom stereocenters. The molecule has 5 aromatic rings. The zero-order chi connectivity index (χ0) is 22.6. The molecule has 0 aliphatic carbocycles. The Morgan fingerprint density at radius 3 is 2.03 bits per heavy atom. The Morgan fingerprint density at radius 1 is 0.758 bits per heavy atom. The topological polar surface area (TPSA) is 37.2 Å². The number of aliphatic hydroxyl groups excluding tert-OH is 1. The van der Waals surface area contributed by atoms with E-state index in [-0.39, 0.29) is 0 Å². The van der Waals surface area contributed by atoms with Gasteiger partial charge in [-0.3, -0.25) is 0 Å². The first-order valence-electron chi connectivity index (χ1n) is 11.4. The number of rotatable bonds is 7. The van der Waals surface area contributed by atoms with Crippen LogP contribution in [0.3, 0.4) is 0 Å². The van der Waals surface area contributed by atoms with E-state index in [1.807, 2.05) is 36.4 Å². The number of fused-ring (bicyclic) bond motifs is 1. The molecule has 33 heavy (non-hydrogen) atoms. The Bertz CT molecular complexity index is 1340. The monoisotopic (exact) mass is 432 g/mol. The summed E-state index contributed by atoms with van der Waals surface area (Å²) in [5.74, 6) is 0. The zero-order valence-electron chi connectivity index (χ0n) is 18.8. The van der Waals surface area contributed by atoms with Crippen LogP contribution < -0.4 is 5.32 Å². The Kier molecular flexibility index (Phi) is 5.97. The van der Waals surface area contributed by atoms with Crippen LogP contribution in [0.15, 0.2) is 109 Å². The number of nitrogens with one attached hydrogen (secondary N) is 1. The lowest BCUT2D eigenvalue weighted by Gasteiger charge is -2.18.